The number of phenols is 1. The summed E-state index contributed by atoms with van der Waals surface area (Å²) in [4.78, 5) is 64.5. The summed E-state index contributed by atoms with van der Waals surface area (Å²) < 4.78 is 10.2. The maximum Gasteiger partial charge on any atom is 0.408 e. The number of hydrogen-bond acceptors (Lipinski definition) is 8. The average molecular weight is 535 g/mol. The SMILES string of the molecule is CCOC(=O)CCNC(=O)C(c1cccc(O)c1)N(C(=O)C(CCC(N)=O)NC(=O)OC(C)(C)C)C1CC1. The lowest BCUT2D eigenvalue weighted by Gasteiger charge is -2.34. The molecule has 0 aliphatic heterocycles. The van der Waals surface area contributed by atoms with Crippen LogP contribution in [0.5, 0.6) is 5.75 Å². The highest BCUT2D eigenvalue weighted by molar-refractivity contribution is 5.93. The van der Waals surface area contributed by atoms with Gasteiger partial charge in [-0.25, -0.2) is 4.79 Å². The van der Waals surface area contributed by atoms with Gasteiger partial charge in [0.2, 0.25) is 17.7 Å². The molecule has 2 atom stereocenters. The van der Waals surface area contributed by atoms with Crippen LogP contribution in [-0.2, 0) is 28.7 Å². The molecule has 1 aliphatic carbocycles. The Morgan fingerprint density at radius 1 is 1.16 bits per heavy atom. The van der Waals surface area contributed by atoms with Crippen molar-refractivity contribution in [1.29, 1.82) is 0 Å². The molecular formula is C26H38N4O8. The topological polar surface area (TPSA) is 177 Å². The third-order valence-corrected chi connectivity index (χ3v) is 5.51. The summed E-state index contributed by atoms with van der Waals surface area (Å²) in [5, 5.41) is 15.3. The molecule has 0 bridgehead atoms. The summed E-state index contributed by atoms with van der Waals surface area (Å²) in [6, 6.07) is 3.24. The van der Waals surface area contributed by atoms with Crippen LogP contribution >= 0.6 is 0 Å². The van der Waals surface area contributed by atoms with Crippen molar-refractivity contribution in [2.75, 3.05) is 13.2 Å². The van der Waals surface area contributed by atoms with Gasteiger partial charge in [-0.1, -0.05) is 12.1 Å². The van der Waals surface area contributed by atoms with E-state index < -0.39 is 47.5 Å². The predicted octanol–water partition coefficient (Wildman–Crippen LogP) is 1.65. The van der Waals surface area contributed by atoms with Gasteiger partial charge < -0.3 is 35.8 Å². The van der Waals surface area contributed by atoms with E-state index in [9.17, 15) is 29.1 Å². The van der Waals surface area contributed by atoms with Crippen molar-refractivity contribution >= 4 is 29.8 Å². The zero-order valence-corrected chi connectivity index (χ0v) is 22.3. The first-order valence-electron chi connectivity index (χ1n) is 12.6. The molecular weight excluding hydrogens is 496 g/mol. The van der Waals surface area contributed by atoms with Crippen LogP contribution in [0.1, 0.15) is 71.4 Å². The van der Waals surface area contributed by atoms with Crippen molar-refractivity contribution in [1.82, 2.24) is 15.5 Å². The van der Waals surface area contributed by atoms with Crippen LogP contribution in [0.4, 0.5) is 4.79 Å². The third-order valence-electron chi connectivity index (χ3n) is 5.51. The van der Waals surface area contributed by atoms with Crippen LogP contribution < -0.4 is 16.4 Å². The number of nitrogens with two attached hydrogens (primary N) is 1. The molecule has 12 heteroatoms. The van der Waals surface area contributed by atoms with Crippen molar-refractivity contribution in [3.63, 3.8) is 0 Å². The van der Waals surface area contributed by atoms with E-state index in [2.05, 4.69) is 10.6 Å². The van der Waals surface area contributed by atoms with E-state index in [1.807, 2.05) is 0 Å². The highest BCUT2D eigenvalue weighted by Crippen LogP contribution is 2.36. The van der Waals surface area contributed by atoms with Gasteiger partial charge in [-0.3, -0.25) is 19.2 Å². The lowest BCUT2D eigenvalue weighted by atomic mass is 10.0. The van der Waals surface area contributed by atoms with Crippen LogP contribution in [-0.4, -0.2) is 70.6 Å². The highest BCUT2D eigenvalue weighted by atomic mass is 16.6. The highest BCUT2D eigenvalue weighted by Gasteiger charge is 2.44. The third kappa shape index (κ3) is 9.91. The first-order chi connectivity index (χ1) is 17.8. The maximum absolute atomic E-state index is 13.9. The minimum absolute atomic E-state index is 0.0268. The van der Waals surface area contributed by atoms with Gasteiger partial charge in [0, 0.05) is 19.0 Å². The summed E-state index contributed by atoms with van der Waals surface area (Å²) in [6.45, 7) is 6.86. The van der Waals surface area contributed by atoms with E-state index in [1.165, 1.54) is 17.0 Å². The van der Waals surface area contributed by atoms with Gasteiger partial charge >= 0.3 is 12.1 Å². The Morgan fingerprint density at radius 3 is 2.39 bits per heavy atom. The number of nitrogens with zero attached hydrogens (tertiary/aromatic N) is 1. The lowest BCUT2D eigenvalue weighted by molar-refractivity contribution is -0.145. The number of hydrogen-bond donors (Lipinski definition) is 4. The molecule has 5 N–H and O–H groups in total. The van der Waals surface area contributed by atoms with Gasteiger partial charge in [0.15, 0.2) is 0 Å². The molecule has 0 aromatic heterocycles. The second-order valence-corrected chi connectivity index (χ2v) is 10.0. The summed E-state index contributed by atoms with van der Waals surface area (Å²) in [7, 11) is 0. The number of carbonyl (C=O) groups excluding carboxylic acids is 5. The fourth-order valence-electron chi connectivity index (χ4n) is 3.80. The Balaban J connectivity index is 2.38. The summed E-state index contributed by atoms with van der Waals surface area (Å²) >= 11 is 0. The number of ether oxygens (including phenoxy) is 2. The molecule has 1 aliphatic rings. The fraction of sp³-hybridized carbons (Fsp3) is 0.577. The van der Waals surface area contributed by atoms with Gasteiger partial charge in [-0.15, -0.1) is 0 Å². The molecule has 38 heavy (non-hydrogen) atoms. The molecule has 2 rings (SSSR count). The quantitative estimate of drug-likeness (QED) is 0.276. The molecule has 4 amide bonds. The number of aromatic hydroxyl groups is 1. The molecule has 1 aromatic carbocycles. The monoisotopic (exact) mass is 534 g/mol. The van der Waals surface area contributed by atoms with Crippen LogP contribution in [0, 0.1) is 0 Å². The summed E-state index contributed by atoms with van der Waals surface area (Å²) in [6.07, 6.45) is 0.0220. The van der Waals surface area contributed by atoms with Gasteiger partial charge in [-0.05, 0) is 64.7 Å². The standard InChI is InChI=1S/C26H38N4O8/c1-5-37-21(33)13-14-28-23(34)22(16-7-6-8-18(31)15-16)30(17-9-10-17)24(35)19(11-12-20(27)32)29-25(36)38-26(2,3)4/h6-8,15,17,19,22,31H,5,9-14H2,1-4H3,(H2,27,32)(H,28,34)(H,29,36). The Bertz CT molecular complexity index is 1020. The van der Waals surface area contributed by atoms with Gasteiger partial charge in [0.25, 0.3) is 0 Å². The largest absolute Gasteiger partial charge is 0.508 e. The van der Waals surface area contributed by atoms with E-state index in [-0.39, 0.29) is 44.2 Å². The molecule has 2 unspecified atom stereocenters. The molecule has 12 nitrogen and oxygen atoms in total. The second kappa shape index (κ2) is 13.6. The Morgan fingerprint density at radius 2 is 1.84 bits per heavy atom. The van der Waals surface area contributed by atoms with Crippen LogP contribution in [0.2, 0.25) is 0 Å². The minimum Gasteiger partial charge on any atom is -0.508 e. The minimum atomic E-state index is -1.20. The molecule has 0 spiro atoms. The molecule has 1 aromatic rings. The molecule has 0 radical (unpaired) electrons. The van der Waals surface area contributed by atoms with Crippen LogP contribution in [0.15, 0.2) is 24.3 Å². The van der Waals surface area contributed by atoms with E-state index in [0.717, 1.165) is 0 Å². The Kier molecular flexibility index (Phi) is 10.9. The van der Waals surface area contributed by atoms with Crippen molar-refractivity contribution in [2.45, 2.75) is 83.5 Å². The van der Waals surface area contributed by atoms with E-state index >= 15 is 0 Å². The van der Waals surface area contributed by atoms with Crippen LogP contribution in [0.3, 0.4) is 0 Å². The summed E-state index contributed by atoms with van der Waals surface area (Å²) in [5.74, 6) is -2.43. The van der Waals surface area contributed by atoms with E-state index in [0.29, 0.717) is 18.4 Å². The number of esters is 1. The normalized spacial score (nSPS) is 14.5. The first kappa shape index (κ1) is 30.4. The van der Waals surface area contributed by atoms with Crippen molar-refractivity contribution < 1.29 is 38.6 Å². The smallest absolute Gasteiger partial charge is 0.408 e. The van der Waals surface area contributed by atoms with Gasteiger partial charge in [-0.2, -0.15) is 0 Å². The zero-order chi connectivity index (χ0) is 28.5. The van der Waals surface area contributed by atoms with Crippen molar-refractivity contribution in [3.8, 4) is 5.75 Å². The molecule has 1 saturated carbocycles. The second-order valence-electron chi connectivity index (χ2n) is 10.0. The van der Waals surface area contributed by atoms with Crippen molar-refractivity contribution in [3.05, 3.63) is 29.8 Å². The molecule has 210 valence electrons. The summed E-state index contributed by atoms with van der Waals surface area (Å²) in [5.41, 5.74) is 4.81. The number of rotatable bonds is 13. The average Bonchev–Trinajstić information content (AvgIpc) is 3.63. The van der Waals surface area contributed by atoms with E-state index in [4.69, 9.17) is 15.2 Å². The number of nitrogens with one attached hydrogen (secondary N) is 2. The maximum atomic E-state index is 13.9. The predicted molar refractivity (Wildman–Crippen MR) is 137 cm³/mol. The molecule has 0 heterocycles. The number of carbonyl (C=O) groups is 5. The number of phenolic OH excluding ortho intramolecular Hbond substituents is 1. The van der Waals surface area contributed by atoms with Gasteiger partial charge in [0.05, 0.1) is 13.0 Å². The van der Waals surface area contributed by atoms with Crippen LogP contribution in [0.25, 0.3) is 0 Å². The Hall–Kier alpha value is -3.83. The first-order valence-corrected chi connectivity index (χ1v) is 12.6. The fourth-order valence-corrected chi connectivity index (χ4v) is 3.80. The number of amides is 4. The molecule has 1 fully saturated rings. The van der Waals surface area contributed by atoms with Crippen molar-refractivity contribution in [2.24, 2.45) is 5.73 Å². The van der Waals surface area contributed by atoms with E-state index in [1.54, 1.807) is 39.8 Å². The number of primary amides is 1. The number of alkyl carbamates (subject to hydrolysis) is 1. The Labute approximate surface area is 222 Å². The zero-order valence-electron chi connectivity index (χ0n) is 22.3. The lowest BCUT2D eigenvalue weighted by Crippen LogP contribution is -2.54. The molecule has 0 saturated heterocycles. The number of benzene rings is 1. The van der Waals surface area contributed by atoms with Gasteiger partial charge in [0.1, 0.15) is 23.4 Å².